The maximum Gasteiger partial charge on any atom is 0.136 e. The Morgan fingerprint density at radius 1 is 1.39 bits per heavy atom. The minimum Gasteiger partial charge on any atom is -0.387 e. The van der Waals surface area contributed by atoms with Crippen molar-refractivity contribution in [2.45, 2.75) is 12.8 Å². The summed E-state index contributed by atoms with van der Waals surface area (Å²) < 4.78 is 2.03. The fourth-order valence-corrected chi connectivity index (χ4v) is 2.15. The minimum absolute atomic E-state index is 0.250. The highest BCUT2D eigenvalue weighted by Crippen LogP contribution is 2.13. The number of nitrogens with two attached hydrogens (primary N) is 1. The maximum absolute atomic E-state index is 5.85. The van der Waals surface area contributed by atoms with Gasteiger partial charge in [0.25, 0.3) is 0 Å². The molecule has 0 fully saturated rings. The normalized spacial score (nSPS) is 19.1. The van der Waals surface area contributed by atoms with Crippen molar-refractivity contribution in [2.75, 3.05) is 6.54 Å². The molecule has 5 nitrogen and oxygen atoms in total. The zero-order valence-corrected chi connectivity index (χ0v) is 10.0. The molecule has 1 atom stereocenters. The fraction of sp³-hybridized carbons (Fsp3) is 0.308. The van der Waals surface area contributed by atoms with Crippen molar-refractivity contribution < 1.29 is 0 Å². The molecule has 0 aliphatic carbocycles. The first-order valence-corrected chi connectivity index (χ1v) is 6.07. The number of fused-ring (bicyclic) bond motifs is 1. The summed E-state index contributed by atoms with van der Waals surface area (Å²) in [6.45, 7) is 0.739. The highest BCUT2D eigenvalue weighted by molar-refractivity contribution is 5.90. The van der Waals surface area contributed by atoms with Gasteiger partial charge in [-0.25, -0.2) is 9.98 Å². The van der Waals surface area contributed by atoms with E-state index in [-0.39, 0.29) is 5.92 Å². The quantitative estimate of drug-likeness (QED) is 0.879. The number of nitrogens with zero attached hydrogens (tertiary/aromatic N) is 4. The van der Waals surface area contributed by atoms with Crippen LogP contribution in [0.25, 0.3) is 5.65 Å². The fourth-order valence-electron chi connectivity index (χ4n) is 2.15. The Morgan fingerprint density at radius 3 is 3.17 bits per heavy atom. The zero-order valence-electron chi connectivity index (χ0n) is 10.0. The smallest absolute Gasteiger partial charge is 0.136 e. The van der Waals surface area contributed by atoms with Crippen molar-refractivity contribution >= 4 is 17.8 Å². The molecule has 0 radical (unpaired) electrons. The SMILES string of the molecule is NC1=NC=NCC1CCc1cn2ccccc2n1. The number of aromatic nitrogens is 2. The molecule has 3 rings (SSSR count). The first-order valence-electron chi connectivity index (χ1n) is 6.07. The first kappa shape index (κ1) is 11.0. The second-order valence-corrected chi connectivity index (χ2v) is 4.47. The molecule has 1 aliphatic heterocycles. The Hall–Kier alpha value is -2.17. The van der Waals surface area contributed by atoms with Gasteiger partial charge in [0, 0.05) is 18.3 Å². The van der Waals surface area contributed by atoms with Gasteiger partial charge < -0.3 is 10.1 Å². The van der Waals surface area contributed by atoms with Crippen LogP contribution in [0.15, 0.2) is 40.6 Å². The topological polar surface area (TPSA) is 68.0 Å². The summed E-state index contributed by atoms with van der Waals surface area (Å²) in [4.78, 5) is 12.8. The van der Waals surface area contributed by atoms with Crippen molar-refractivity contribution in [3.05, 3.63) is 36.3 Å². The molecule has 92 valence electrons. The summed E-state index contributed by atoms with van der Waals surface area (Å²) >= 11 is 0. The van der Waals surface area contributed by atoms with Crippen LogP contribution in [0.5, 0.6) is 0 Å². The van der Waals surface area contributed by atoms with Crippen LogP contribution in [0.3, 0.4) is 0 Å². The number of aliphatic imine (C=N–C) groups is 2. The van der Waals surface area contributed by atoms with E-state index in [1.807, 2.05) is 28.8 Å². The zero-order chi connectivity index (χ0) is 12.4. The first-order chi connectivity index (χ1) is 8.83. The molecule has 2 aromatic heterocycles. The molecule has 5 heteroatoms. The van der Waals surface area contributed by atoms with E-state index in [4.69, 9.17) is 5.73 Å². The average molecular weight is 241 g/mol. The van der Waals surface area contributed by atoms with Gasteiger partial charge in [-0.05, 0) is 25.0 Å². The van der Waals surface area contributed by atoms with E-state index in [9.17, 15) is 0 Å². The number of pyridine rings is 1. The van der Waals surface area contributed by atoms with E-state index in [0.29, 0.717) is 5.84 Å². The second-order valence-electron chi connectivity index (χ2n) is 4.47. The third-order valence-electron chi connectivity index (χ3n) is 3.20. The number of rotatable bonds is 3. The van der Waals surface area contributed by atoms with Gasteiger partial charge in [0.05, 0.1) is 12.2 Å². The maximum atomic E-state index is 5.85. The number of aryl methyl sites for hydroxylation is 1. The molecule has 1 unspecified atom stereocenters. The third-order valence-corrected chi connectivity index (χ3v) is 3.20. The van der Waals surface area contributed by atoms with Crippen LogP contribution in [0.2, 0.25) is 0 Å². The molecule has 2 N–H and O–H groups in total. The lowest BCUT2D eigenvalue weighted by molar-refractivity contribution is 0.622. The summed E-state index contributed by atoms with van der Waals surface area (Å²) in [5.74, 6) is 0.938. The Bertz CT molecular complexity index is 578. The van der Waals surface area contributed by atoms with E-state index in [0.717, 1.165) is 30.7 Å². The second kappa shape index (κ2) is 4.60. The van der Waals surface area contributed by atoms with E-state index in [1.54, 1.807) is 0 Å². The third kappa shape index (κ3) is 2.11. The number of amidine groups is 1. The number of hydrogen-bond acceptors (Lipinski definition) is 4. The van der Waals surface area contributed by atoms with E-state index < -0.39 is 0 Å². The van der Waals surface area contributed by atoms with Crippen LogP contribution in [0.4, 0.5) is 0 Å². The summed E-state index contributed by atoms with van der Waals surface area (Å²) in [6, 6.07) is 6.00. The molecule has 1 aliphatic rings. The molecule has 3 heterocycles. The van der Waals surface area contributed by atoms with Crippen LogP contribution >= 0.6 is 0 Å². The van der Waals surface area contributed by atoms with Crippen LogP contribution in [0.1, 0.15) is 12.1 Å². The molecule has 0 aromatic carbocycles. The van der Waals surface area contributed by atoms with Gasteiger partial charge in [0.15, 0.2) is 0 Å². The average Bonchev–Trinajstić information content (AvgIpc) is 2.80. The van der Waals surface area contributed by atoms with Gasteiger partial charge in [0.1, 0.15) is 17.8 Å². The lowest BCUT2D eigenvalue weighted by Gasteiger charge is -2.15. The number of hydrogen-bond donors (Lipinski definition) is 1. The molecule has 2 aromatic rings. The van der Waals surface area contributed by atoms with Crippen molar-refractivity contribution in [1.29, 1.82) is 0 Å². The van der Waals surface area contributed by atoms with Gasteiger partial charge in [-0.3, -0.25) is 4.99 Å². The lowest BCUT2D eigenvalue weighted by Crippen LogP contribution is -2.29. The van der Waals surface area contributed by atoms with E-state index in [2.05, 4.69) is 21.2 Å². The summed E-state index contributed by atoms with van der Waals surface area (Å²) in [6.07, 6.45) is 7.45. The number of imidazole rings is 1. The van der Waals surface area contributed by atoms with Crippen molar-refractivity contribution in [3.8, 4) is 0 Å². The molecule has 0 spiro atoms. The van der Waals surface area contributed by atoms with Gasteiger partial charge in [-0.1, -0.05) is 6.07 Å². The Morgan fingerprint density at radius 2 is 2.33 bits per heavy atom. The van der Waals surface area contributed by atoms with Crippen LogP contribution < -0.4 is 5.73 Å². The largest absolute Gasteiger partial charge is 0.387 e. The molecular formula is C13H15N5. The molecule has 18 heavy (non-hydrogen) atoms. The lowest BCUT2D eigenvalue weighted by atomic mass is 10.0. The monoisotopic (exact) mass is 241 g/mol. The molecule has 0 saturated carbocycles. The highest BCUT2D eigenvalue weighted by atomic mass is 15.0. The van der Waals surface area contributed by atoms with Gasteiger partial charge >= 0.3 is 0 Å². The predicted octanol–water partition coefficient (Wildman–Crippen LogP) is 1.28. The Labute approximate surface area is 105 Å². The molecule has 0 bridgehead atoms. The van der Waals surface area contributed by atoms with Gasteiger partial charge in [-0.2, -0.15) is 0 Å². The van der Waals surface area contributed by atoms with Crippen molar-refractivity contribution in [2.24, 2.45) is 21.6 Å². The van der Waals surface area contributed by atoms with E-state index >= 15 is 0 Å². The van der Waals surface area contributed by atoms with Crippen molar-refractivity contribution in [1.82, 2.24) is 9.38 Å². The molecule has 0 saturated heterocycles. The predicted molar refractivity (Wildman–Crippen MR) is 72.0 cm³/mol. The summed E-state index contributed by atoms with van der Waals surface area (Å²) in [5, 5.41) is 0. The summed E-state index contributed by atoms with van der Waals surface area (Å²) in [7, 11) is 0. The standard InChI is InChI=1S/C13H15N5/c14-13-10(7-15-9-16-13)4-5-11-8-18-6-2-1-3-12(18)17-11/h1-3,6,8-10H,4-5,7H2,(H2,14,15,16). The van der Waals surface area contributed by atoms with Crippen molar-refractivity contribution in [3.63, 3.8) is 0 Å². The van der Waals surface area contributed by atoms with Crippen LogP contribution in [0, 0.1) is 5.92 Å². The van der Waals surface area contributed by atoms with Crippen LogP contribution in [-0.2, 0) is 6.42 Å². The molecule has 0 amide bonds. The van der Waals surface area contributed by atoms with E-state index in [1.165, 1.54) is 6.34 Å². The summed E-state index contributed by atoms with van der Waals surface area (Å²) in [5.41, 5.74) is 7.92. The van der Waals surface area contributed by atoms with Crippen LogP contribution in [-0.4, -0.2) is 28.1 Å². The van der Waals surface area contributed by atoms with Gasteiger partial charge in [-0.15, -0.1) is 0 Å². The highest BCUT2D eigenvalue weighted by Gasteiger charge is 2.15. The Balaban J connectivity index is 1.70. The Kier molecular flexibility index (Phi) is 2.80. The molecular weight excluding hydrogens is 226 g/mol. The minimum atomic E-state index is 0.250. The van der Waals surface area contributed by atoms with Gasteiger partial charge in [0.2, 0.25) is 0 Å².